The Morgan fingerprint density at radius 1 is 1.14 bits per heavy atom. The van der Waals surface area contributed by atoms with Gasteiger partial charge in [0.2, 0.25) is 0 Å². The van der Waals surface area contributed by atoms with Crippen LogP contribution in [0.3, 0.4) is 0 Å². The van der Waals surface area contributed by atoms with E-state index in [1.54, 1.807) is 19.2 Å². The minimum absolute atomic E-state index is 0.0844. The monoisotopic (exact) mass is 303 g/mol. The van der Waals surface area contributed by atoms with Crippen LogP contribution in [0, 0.1) is 0 Å². The summed E-state index contributed by atoms with van der Waals surface area (Å²) in [6, 6.07) is 7.17. The predicted molar refractivity (Wildman–Crippen MR) is 82.1 cm³/mol. The SMILES string of the molecule is CC(C)NC(=O)c1ccc(CN2CCN(C)C(=O)C2=O)cc1. The number of carbonyl (C=O) groups excluding carboxylic acids is 3. The van der Waals surface area contributed by atoms with Crippen molar-refractivity contribution in [2.75, 3.05) is 20.1 Å². The minimum Gasteiger partial charge on any atom is -0.350 e. The van der Waals surface area contributed by atoms with E-state index >= 15 is 0 Å². The molecule has 2 rings (SSSR count). The Balaban J connectivity index is 2.01. The highest BCUT2D eigenvalue weighted by atomic mass is 16.2. The van der Waals surface area contributed by atoms with Crippen molar-refractivity contribution in [2.45, 2.75) is 26.4 Å². The molecule has 1 aliphatic rings. The fourth-order valence-corrected chi connectivity index (χ4v) is 2.25. The Labute approximate surface area is 130 Å². The summed E-state index contributed by atoms with van der Waals surface area (Å²) < 4.78 is 0. The molecule has 1 fully saturated rings. The molecule has 118 valence electrons. The van der Waals surface area contributed by atoms with Gasteiger partial charge in [0.05, 0.1) is 0 Å². The topological polar surface area (TPSA) is 69.7 Å². The van der Waals surface area contributed by atoms with Crippen molar-refractivity contribution in [1.29, 1.82) is 0 Å². The number of nitrogens with zero attached hydrogens (tertiary/aromatic N) is 2. The maximum atomic E-state index is 11.9. The largest absolute Gasteiger partial charge is 0.350 e. The summed E-state index contributed by atoms with van der Waals surface area (Å²) in [6.45, 7) is 5.26. The lowest BCUT2D eigenvalue weighted by molar-refractivity contribution is -0.155. The van der Waals surface area contributed by atoms with Gasteiger partial charge in [-0.2, -0.15) is 0 Å². The van der Waals surface area contributed by atoms with Gasteiger partial charge in [0.25, 0.3) is 5.91 Å². The summed E-state index contributed by atoms with van der Waals surface area (Å²) in [5.74, 6) is -1.07. The fraction of sp³-hybridized carbons (Fsp3) is 0.438. The van der Waals surface area contributed by atoms with Crippen LogP contribution in [0.25, 0.3) is 0 Å². The van der Waals surface area contributed by atoms with Crippen LogP contribution in [0.4, 0.5) is 0 Å². The van der Waals surface area contributed by atoms with Crippen molar-refractivity contribution in [3.05, 3.63) is 35.4 Å². The number of hydrogen-bond donors (Lipinski definition) is 1. The zero-order valence-corrected chi connectivity index (χ0v) is 13.1. The van der Waals surface area contributed by atoms with Gasteiger partial charge in [0, 0.05) is 38.3 Å². The summed E-state index contributed by atoms with van der Waals surface area (Å²) in [7, 11) is 1.62. The van der Waals surface area contributed by atoms with E-state index in [2.05, 4.69) is 5.32 Å². The molecule has 0 spiro atoms. The van der Waals surface area contributed by atoms with Crippen molar-refractivity contribution in [1.82, 2.24) is 15.1 Å². The maximum Gasteiger partial charge on any atom is 0.312 e. The van der Waals surface area contributed by atoms with Gasteiger partial charge >= 0.3 is 11.8 Å². The van der Waals surface area contributed by atoms with Crippen molar-refractivity contribution in [2.24, 2.45) is 0 Å². The van der Waals surface area contributed by atoms with Gasteiger partial charge in [0.15, 0.2) is 0 Å². The molecule has 1 aromatic rings. The molecule has 0 saturated carbocycles. The normalized spacial score (nSPS) is 15.5. The highest BCUT2D eigenvalue weighted by Crippen LogP contribution is 2.11. The van der Waals surface area contributed by atoms with Crippen LogP contribution in [0.15, 0.2) is 24.3 Å². The third-order valence-corrected chi connectivity index (χ3v) is 3.53. The molecule has 1 aliphatic heterocycles. The summed E-state index contributed by atoms with van der Waals surface area (Å²) in [5.41, 5.74) is 1.48. The quantitative estimate of drug-likeness (QED) is 0.829. The number of benzene rings is 1. The molecule has 6 heteroatoms. The third kappa shape index (κ3) is 3.63. The molecule has 1 heterocycles. The van der Waals surface area contributed by atoms with Crippen LogP contribution in [0.2, 0.25) is 0 Å². The van der Waals surface area contributed by atoms with Gasteiger partial charge in [-0.3, -0.25) is 14.4 Å². The van der Waals surface area contributed by atoms with Crippen LogP contribution in [-0.2, 0) is 16.1 Å². The Morgan fingerprint density at radius 3 is 2.36 bits per heavy atom. The molecule has 22 heavy (non-hydrogen) atoms. The van der Waals surface area contributed by atoms with Crippen LogP contribution in [-0.4, -0.2) is 53.7 Å². The predicted octanol–water partition coefficient (Wildman–Crippen LogP) is 0.625. The summed E-state index contributed by atoms with van der Waals surface area (Å²) in [4.78, 5) is 38.4. The van der Waals surface area contributed by atoms with Crippen LogP contribution >= 0.6 is 0 Å². The Hall–Kier alpha value is -2.37. The summed E-state index contributed by atoms with van der Waals surface area (Å²) in [5, 5.41) is 2.82. The number of amides is 3. The minimum atomic E-state index is -0.477. The molecule has 1 aromatic carbocycles. The summed E-state index contributed by atoms with van der Waals surface area (Å²) >= 11 is 0. The lowest BCUT2D eigenvalue weighted by Gasteiger charge is -2.31. The number of piperazine rings is 1. The standard InChI is InChI=1S/C16H21N3O3/c1-11(2)17-14(20)13-6-4-12(5-7-13)10-19-9-8-18(3)15(21)16(19)22/h4-7,11H,8-10H2,1-3H3,(H,17,20). The van der Waals surface area contributed by atoms with E-state index in [4.69, 9.17) is 0 Å². The first-order chi connectivity index (χ1) is 10.4. The van der Waals surface area contributed by atoms with Crippen LogP contribution in [0.1, 0.15) is 29.8 Å². The molecule has 3 amide bonds. The second-order valence-corrected chi connectivity index (χ2v) is 5.78. The number of carbonyl (C=O) groups is 3. The Kier molecular flexibility index (Phi) is 4.80. The lowest BCUT2D eigenvalue weighted by atomic mass is 10.1. The Morgan fingerprint density at radius 2 is 1.77 bits per heavy atom. The average Bonchev–Trinajstić information content (AvgIpc) is 2.48. The van der Waals surface area contributed by atoms with E-state index in [-0.39, 0.29) is 11.9 Å². The van der Waals surface area contributed by atoms with Crippen LogP contribution in [0.5, 0.6) is 0 Å². The number of hydrogen-bond acceptors (Lipinski definition) is 3. The van der Waals surface area contributed by atoms with Gasteiger partial charge in [-0.25, -0.2) is 0 Å². The number of likely N-dealkylation sites (N-methyl/N-ethyl adjacent to an activating group) is 1. The van der Waals surface area contributed by atoms with E-state index in [0.29, 0.717) is 25.2 Å². The molecule has 6 nitrogen and oxygen atoms in total. The van der Waals surface area contributed by atoms with E-state index in [0.717, 1.165) is 5.56 Å². The van der Waals surface area contributed by atoms with Gasteiger partial charge in [0.1, 0.15) is 0 Å². The molecule has 0 aliphatic carbocycles. The molecule has 0 unspecified atom stereocenters. The second kappa shape index (κ2) is 6.60. The first-order valence-corrected chi connectivity index (χ1v) is 7.32. The molecule has 0 bridgehead atoms. The molecule has 0 atom stereocenters. The zero-order chi connectivity index (χ0) is 16.3. The molecular weight excluding hydrogens is 282 g/mol. The Bertz CT molecular complexity index is 581. The fourth-order valence-electron chi connectivity index (χ4n) is 2.25. The van der Waals surface area contributed by atoms with Gasteiger partial charge in [-0.15, -0.1) is 0 Å². The van der Waals surface area contributed by atoms with Gasteiger partial charge in [-0.1, -0.05) is 12.1 Å². The third-order valence-electron chi connectivity index (χ3n) is 3.53. The van der Waals surface area contributed by atoms with Gasteiger partial charge < -0.3 is 15.1 Å². The summed E-state index contributed by atoms with van der Waals surface area (Å²) in [6.07, 6.45) is 0. The van der Waals surface area contributed by atoms with Crippen LogP contribution < -0.4 is 5.32 Å². The first kappa shape index (κ1) is 16.0. The van der Waals surface area contributed by atoms with Crippen molar-refractivity contribution >= 4 is 17.7 Å². The number of nitrogens with one attached hydrogen (secondary N) is 1. The van der Waals surface area contributed by atoms with Gasteiger partial charge in [-0.05, 0) is 31.5 Å². The first-order valence-electron chi connectivity index (χ1n) is 7.32. The average molecular weight is 303 g/mol. The van der Waals surface area contributed by atoms with Crippen molar-refractivity contribution in [3.8, 4) is 0 Å². The maximum absolute atomic E-state index is 11.9. The molecule has 0 radical (unpaired) electrons. The highest BCUT2D eigenvalue weighted by Gasteiger charge is 2.30. The molecule has 1 N–H and O–H groups in total. The molecule has 0 aromatic heterocycles. The molecular formula is C16H21N3O3. The zero-order valence-electron chi connectivity index (χ0n) is 13.1. The smallest absolute Gasteiger partial charge is 0.312 e. The van der Waals surface area contributed by atoms with E-state index in [1.165, 1.54) is 9.80 Å². The van der Waals surface area contributed by atoms with Crippen molar-refractivity contribution < 1.29 is 14.4 Å². The lowest BCUT2D eigenvalue weighted by Crippen LogP contribution is -2.52. The van der Waals surface area contributed by atoms with E-state index in [1.807, 2.05) is 26.0 Å². The van der Waals surface area contributed by atoms with Crippen molar-refractivity contribution in [3.63, 3.8) is 0 Å². The van der Waals surface area contributed by atoms with E-state index in [9.17, 15) is 14.4 Å². The van der Waals surface area contributed by atoms with E-state index < -0.39 is 11.8 Å². The highest BCUT2D eigenvalue weighted by molar-refractivity contribution is 6.35. The second-order valence-electron chi connectivity index (χ2n) is 5.78. The number of rotatable bonds is 4. The molecule has 1 saturated heterocycles.